The van der Waals surface area contributed by atoms with Crippen LogP contribution in [0.5, 0.6) is 0 Å². The summed E-state index contributed by atoms with van der Waals surface area (Å²) in [6.07, 6.45) is 2.75. The Hall–Kier alpha value is -1.86. The van der Waals surface area contributed by atoms with Crippen molar-refractivity contribution < 1.29 is 0 Å². The van der Waals surface area contributed by atoms with Crippen LogP contribution in [-0.4, -0.2) is 11.5 Å². The molecule has 1 aliphatic rings. The number of fused-ring (bicyclic) bond motifs is 1. The van der Waals surface area contributed by atoms with Crippen molar-refractivity contribution in [2.24, 2.45) is 0 Å². The fourth-order valence-electron chi connectivity index (χ4n) is 2.44. The van der Waals surface area contributed by atoms with E-state index >= 15 is 0 Å². The van der Waals surface area contributed by atoms with Gasteiger partial charge >= 0.3 is 0 Å². The van der Waals surface area contributed by atoms with Crippen molar-refractivity contribution in [3.63, 3.8) is 0 Å². The van der Waals surface area contributed by atoms with Crippen LogP contribution in [0.1, 0.15) is 16.7 Å². The summed E-state index contributed by atoms with van der Waals surface area (Å²) < 4.78 is 0.838. The SMILES string of the molecule is N#Cc1cc(Br)cnc1N1CCc2ccccc2C1. The number of hydrogen-bond acceptors (Lipinski definition) is 3. The summed E-state index contributed by atoms with van der Waals surface area (Å²) in [5.74, 6) is 0.778. The first kappa shape index (κ1) is 12.2. The van der Waals surface area contributed by atoms with Gasteiger partial charge in [0.2, 0.25) is 0 Å². The number of rotatable bonds is 1. The third-order valence-corrected chi connectivity index (χ3v) is 3.82. The minimum atomic E-state index is 0.619. The third kappa shape index (κ3) is 2.34. The molecule has 2 aromatic rings. The minimum Gasteiger partial charge on any atom is -0.351 e. The van der Waals surface area contributed by atoms with Gasteiger partial charge in [-0.25, -0.2) is 4.98 Å². The Labute approximate surface area is 120 Å². The number of benzene rings is 1. The van der Waals surface area contributed by atoms with Gasteiger partial charge in [0, 0.05) is 23.8 Å². The number of nitrogens with zero attached hydrogens (tertiary/aromatic N) is 3. The Morgan fingerprint density at radius 1 is 1.26 bits per heavy atom. The molecule has 0 bridgehead atoms. The molecule has 1 aromatic carbocycles. The molecule has 0 saturated heterocycles. The number of nitriles is 1. The highest BCUT2D eigenvalue weighted by atomic mass is 79.9. The van der Waals surface area contributed by atoms with Gasteiger partial charge in [-0.05, 0) is 39.5 Å². The molecule has 0 saturated carbocycles. The van der Waals surface area contributed by atoms with Crippen LogP contribution in [0.3, 0.4) is 0 Å². The lowest BCUT2D eigenvalue weighted by molar-refractivity contribution is 0.719. The van der Waals surface area contributed by atoms with Crippen molar-refractivity contribution in [1.29, 1.82) is 5.26 Å². The Morgan fingerprint density at radius 3 is 2.84 bits per heavy atom. The molecule has 19 heavy (non-hydrogen) atoms. The second kappa shape index (κ2) is 5.02. The van der Waals surface area contributed by atoms with E-state index in [0.29, 0.717) is 5.56 Å². The van der Waals surface area contributed by atoms with Gasteiger partial charge in [0.1, 0.15) is 11.9 Å². The van der Waals surface area contributed by atoms with Crippen molar-refractivity contribution in [2.75, 3.05) is 11.4 Å². The van der Waals surface area contributed by atoms with Crippen LogP contribution in [0.4, 0.5) is 5.82 Å². The normalized spacial score (nSPS) is 13.8. The highest BCUT2D eigenvalue weighted by molar-refractivity contribution is 9.10. The summed E-state index contributed by atoms with van der Waals surface area (Å²) in [5.41, 5.74) is 3.34. The molecule has 1 aliphatic heterocycles. The maximum atomic E-state index is 9.23. The zero-order chi connectivity index (χ0) is 13.2. The molecule has 3 rings (SSSR count). The molecule has 2 heterocycles. The van der Waals surface area contributed by atoms with E-state index in [-0.39, 0.29) is 0 Å². The maximum absolute atomic E-state index is 9.23. The summed E-state index contributed by atoms with van der Waals surface area (Å²) in [5, 5.41) is 9.23. The quantitative estimate of drug-likeness (QED) is 0.811. The number of hydrogen-bond donors (Lipinski definition) is 0. The number of anilines is 1. The van der Waals surface area contributed by atoms with Crippen LogP contribution in [-0.2, 0) is 13.0 Å². The first-order valence-electron chi connectivity index (χ1n) is 6.15. The lowest BCUT2D eigenvalue weighted by Crippen LogP contribution is -2.31. The lowest BCUT2D eigenvalue weighted by Gasteiger charge is -2.30. The van der Waals surface area contributed by atoms with E-state index in [1.165, 1.54) is 11.1 Å². The molecule has 3 nitrogen and oxygen atoms in total. The molecule has 1 aromatic heterocycles. The molecule has 0 aliphatic carbocycles. The Kier molecular flexibility index (Phi) is 3.22. The van der Waals surface area contributed by atoms with Crippen LogP contribution in [0.15, 0.2) is 41.0 Å². The molecule has 0 fully saturated rings. The molecule has 0 spiro atoms. The molecule has 0 radical (unpaired) electrons. The maximum Gasteiger partial charge on any atom is 0.146 e. The molecular formula is C15H12BrN3. The topological polar surface area (TPSA) is 39.9 Å². The standard InChI is InChI=1S/C15H12BrN3/c16-14-7-13(8-17)15(18-9-14)19-6-5-11-3-1-2-4-12(11)10-19/h1-4,7,9H,5-6,10H2. The first-order chi connectivity index (χ1) is 9.28. The summed E-state index contributed by atoms with van der Waals surface area (Å²) >= 11 is 3.35. The molecular weight excluding hydrogens is 302 g/mol. The first-order valence-corrected chi connectivity index (χ1v) is 6.94. The number of pyridine rings is 1. The van der Waals surface area contributed by atoms with Crippen LogP contribution in [0.2, 0.25) is 0 Å². The van der Waals surface area contributed by atoms with E-state index in [4.69, 9.17) is 0 Å². The highest BCUT2D eigenvalue weighted by Crippen LogP contribution is 2.26. The van der Waals surface area contributed by atoms with Gasteiger partial charge in [-0.2, -0.15) is 5.26 Å². The van der Waals surface area contributed by atoms with Crippen LogP contribution in [0, 0.1) is 11.3 Å². The minimum absolute atomic E-state index is 0.619. The van der Waals surface area contributed by atoms with Gasteiger partial charge in [-0.3, -0.25) is 0 Å². The molecule has 0 N–H and O–H groups in total. The van der Waals surface area contributed by atoms with Crippen LogP contribution < -0.4 is 4.90 Å². The van der Waals surface area contributed by atoms with Crippen LogP contribution >= 0.6 is 15.9 Å². The van der Waals surface area contributed by atoms with E-state index in [2.05, 4.69) is 56.1 Å². The monoisotopic (exact) mass is 313 g/mol. The third-order valence-electron chi connectivity index (χ3n) is 3.38. The van der Waals surface area contributed by atoms with Crippen molar-refractivity contribution in [2.45, 2.75) is 13.0 Å². The van der Waals surface area contributed by atoms with E-state index in [9.17, 15) is 5.26 Å². The van der Waals surface area contributed by atoms with Gasteiger partial charge in [-0.15, -0.1) is 0 Å². The summed E-state index contributed by atoms with van der Waals surface area (Å²) in [7, 11) is 0. The fraction of sp³-hybridized carbons (Fsp3) is 0.200. The molecule has 94 valence electrons. The zero-order valence-corrected chi connectivity index (χ0v) is 11.9. The molecule has 0 atom stereocenters. The predicted molar refractivity (Wildman–Crippen MR) is 77.8 cm³/mol. The smallest absolute Gasteiger partial charge is 0.146 e. The second-order valence-corrected chi connectivity index (χ2v) is 5.49. The Bertz CT molecular complexity index is 661. The zero-order valence-electron chi connectivity index (χ0n) is 10.3. The average Bonchev–Trinajstić information content (AvgIpc) is 2.46. The van der Waals surface area contributed by atoms with Crippen molar-refractivity contribution in [3.05, 3.63) is 57.7 Å². The van der Waals surface area contributed by atoms with Gasteiger partial charge in [0.15, 0.2) is 0 Å². The summed E-state index contributed by atoms with van der Waals surface area (Å²) in [6.45, 7) is 1.72. The van der Waals surface area contributed by atoms with E-state index in [0.717, 1.165) is 29.8 Å². The van der Waals surface area contributed by atoms with E-state index < -0.39 is 0 Å². The van der Waals surface area contributed by atoms with Gasteiger partial charge < -0.3 is 4.90 Å². The average molecular weight is 314 g/mol. The Morgan fingerprint density at radius 2 is 2.05 bits per heavy atom. The number of aromatic nitrogens is 1. The van der Waals surface area contributed by atoms with Crippen LogP contribution in [0.25, 0.3) is 0 Å². The molecule has 0 unspecified atom stereocenters. The summed E-state index contributed by atoms with van der Waals surface area (Å²) in [6, 6.07) is 12.5. The van der Waals surface area contributed by atoms with Crippen molar-refractivity contribution in [1.82, 2.24) is 4.98 Å². The summed E-state index contributed by atoms with van der Waals surface area (Å²) in [4.78, 5) is 6.58. The lowest BCUT2D eigenvalue weighted by atomic mass is 10.00. The van der Waals surface area contributed by atoms with Crippen molar-refractivity contribution >= 4 is 21.7 Å². The number of halogens is 1. The predicted octanol–water partition coefficient (Wildman–Crippen LogP) is 3.28. The molecule has 0 amide bonds. The van der Waals surface area contributed by atoms with Gasteiger partial charge in [0.25, 0.3) is 0 Å². The van der Waals surface area contributed by atoms with Gasteiger partial charge in [-0.1, -0.05) is 24.3 Å². The Balaban J connectivity index is 1.96. The van der Waals surface area contributed by atoms with E-state index in [1.54, 1.807) is 6.20 Å². The fourth-order valence-corrected chi connectivity index (χ4v) is 2.77. The highest BCUT2D eigenvalue weighted by Gasteiger charge is 2.19. The second-order valence-electron chi connectivity index (χ2n) is 4.58. The largest absolute Gasteiger partial charge is 0.351 e. The molecule has 4 heteroatoms. The van der Waals surface area contributed by atoms with E-state index in [1.807, 2.05) is 6.07 Å². The van der Waals surface area contributed by atoms with Crippen molar-refractivity contribution in [3.8, 4) is 6.07 Å². The van der Waals surface area contributed by atoms with Gasteiger partial charge in [0.05, 0.1) is 5.56 Å².